The number of hydrogen-bond donors (Lipinski definition) is 1. The minimum Gasteiger partial charge on any atom is -0.465 e. The number of H-pyrrole nitrogens is 1. The van der Waals surface area contributed by atoms with Gasteiger partial charge in [0.2, 0.25) is 0 Å². The number of fused-ring (bicyclic) bond motifs is 1. The highest BCUT2D eigenvalue weighted by Crippen LogP contribution is 2.22. The van der Waals surface area contributed by atoms with Gasteiger partial charge in [0.15, 0.2) is 0 Å². The van der Waals surface area contributed by atoms with Crippen LogP contribution in [0.2, 0.25) is 0 Å². The van der Waals surface area contributed by atoms with E-state index in [4.69, 9.17) is 4.74 Å². The van der Waals surface area contributed by atoms with Crippen molar-refractivity contribution in [2.24, 2.45) is 0 Å². The molecular formula is C18H13FN4O2. The number of carbonyl (C=O) groups excluding carboxylic acids is 1. The van der Waals surface area contributed by atoms with E-state index in [2.05, 4.69) is 15.1 Å². The molecular weight excluding hydrogens is 323 g/mol. The topological polar surface area (TPSA) is 72.8 Å². The number of methoxy groups -OCH3 is 1. The summed E-state index contributed by atoms with van der Waals surface area (Å²) in [4.78, 5) is 19.3. The van der Waals surface area contributed by atoms with Gasteiger partial charge >= 0.3 is 5.97 Å². The highest BCUT2D eigenvalue weighted by atomic mass is 19.1. The van der Waals surface area contributed by atoms with E-state index in [1.54, 1.807) is 47.4 Å². The van der Waals surface area contributed by atoms with Gasteiger partial charge in [0, 0.05) is 6.20 Å². The number of carbonyl (C=O) groups is 1. The molecule has 1 N–H and O–H groups in total. The van der Waals surface area contributed by atoms with Crippen molar-refractivity contribution in [3.63, 3.8) is 0 Å². The minimum atomic E-state index is -0.406. The molecule has 7 heteroatoms. The molecule has 0 saturated carbocycles. The number of rotatable bonds is 3. The number of esters is 1. The van der Waals surface area contributed by atoms with Crippen LogP contribution in [0.3, 0.4) is 0 Å². The molecule has 6 nitrogen and oxygen atoms in total. The molecule has 0 saturated heterocycles. The number of aromatic nitrogens is 4. The van der Waals surface area contributed by atoms with Crippen LogP contribution in [0.15, 0.2) is 54.9 Å². The third-order valence-corrected chi connectivity index (χ3v) is 3.83. The minimum absolute atomic E-state index is 0.325. The zero-order valence-electron chi connectivity index (χ0n) is 13.2. The lowest BCUT2D eigenvalue weighted by atomic mass is 10.2. The number of nitrogens with zero attached hydrogens (tertiary/aromatic N) is 3. The van der Waals surface area contributed by atoms with E-state index < -0.39 is 5.97 Å². The lowest BCUT2D eigenvalue weighted by Gasteiger charge is -1.99. The number of halogens is 1. The van der Waals surface area contributed by atoms with Crippen molar-refractivity contribution in [2.75, 3.05) is 7.11 Å². The van der Waals surface area contributed by atoms with Crippen molar-refractivity contribution in [1.82, 2.24) is 19.7 Å². The smallest absolute Gasteiger partial charge is 0.337 e. The molecule has 4 aromatic rings. The first-order chi connectivity index (χ1) is 12.1. The summed E-state index contributed by atoms with van der Waals surface area (Å²) in [5.41, 5.74) is 3.26. The Morgan fingerprint density at radius 2 is 2.12 bits per heavy atom. The summed E-state index contributed by atoms with van der Waals surface area (Å²) in [6, 6.07) is 11.3. The molecule has 4 rings (SSSR count). The number of ether oxygens (including phenoxy) is 1. The second kappa shape index (κ2) is 5.86. The first-order valence-corrected chi connectivity index (χ1v) is 7.53. The fourth-order valence-corrected chi connectivity index (χ4v) is 2.60. The molecule has 0 amide bonds. The summed E-state index contributed by atoms with van der Waals surface area (Å²) in [7, 11) is 1.34. The van der Waals surface area contributed by atoms with Crippen LogP contribution in [0.5, 0.6) is 0 Å². The Bertz CT molecular complexity index is 1080. The molecule has 0 radical (unpaired) electrons. The normalized spacial score (nSPS) is 11.0. The maximum atomic E-state index is 13.4. The second-order valence-corrected chi connectivity index (χ2v) is 5.46. The molecule has 25 heavy (non-hydrogen) atoms. The second-order valence-electron chi connectivity index (χ2n) is 5.46. The van der Waals surface area contributed by atoms with Gasteiger partial charge in [-0.15, -0.1) is 0 Å². The number of imidazole rings is 1. The standard InChI is InChI=1S/C18H13FN4O2/c1-25-18(24)11-5-6-15-16(7-11)22-17(21-15)12-9-20-23(10-12)14-4-2-3-13(19)8-14/h2-10H,1H3,(H,21,22). The van der Waals surface area contributed by atoms with Crippen molar-refractivity contribution < 1.29 is 13.9 Å². The van der Waals surface area contributed by atoms with Crippen molar-refractivity contribution >= 4 is 17.0 Å². The zero-order chi connectivity index (χ0) is 17.4. The fraction of sp³-hybridized carbons (Fsp3) is 0.0556. The Hall–Kier alpha value is -3.48. The molecule has 124 valence electrons. The molecule has 0 aliphatic heterocycles. The molecule has 2 heterocycles. The van der Waals surface area contributed by atoms with E-state index in [9.17, 15) is 9.18 Å². The Morgan fingerprint density at radius 1 is 1.24 bits per heavy atom. The van der Waals surface area contributed by atoms with Crippen LogP contribution in [0.25, 0.3) is 28.1 Å². The highest BCUT2D eigenvalue weighted by molar-refractivity contribution is 5.94. The predicted octanol–water partition coefficient (Wildman–Crippen LogP) is 3.34. The van der Waals surface area contributed by atoms with Gasteiger partial charge in [-0.25, -0.2) is 18.9 Å². The van der Waals surface area contributed by atoms with Crippen LogP contribution in [0, 0.1) is 5.82 Å². The van der Waals surface area contributed by atoms with Crippen LogP contribution in [0.1, 0.15) is 10.4 Å². The molecule has 0 aliphatic carbocycles. The lowest BCUT2D eigenvalue weighted by Crippen LogP contribution is -2.00. The lowest BCUT2D eigenvalue weighted by molar-refractivity contribution is 0.0601. The quantitative estimate of drug-likeness (QED) is 0.582. The van der Waals surface area contributed by atoms with Gasteiger partial charge in [0.25, 0.3) is 0 Å². The summed E-state index contributed by atoms with van der Waals surface area (Å²) in [6.07, 6.45) is 3.40. The van der Waals surface area contributed by atoms with Gasteiger partial charge in [0.05, 0.1) is 41.2 Å². The summed E-state index contributed by atoms with van der Waals surface area (Å²) >= 11 is 0. The molecule has 0 unspecified atom stereocenters. The van der Waals surface area contributed by atoms with Crippen LogP contribution in [-0.2, 0) is 4.74 Å². The Labute approximate surface area is 141 Å². The number of hydrogen-bond acceptors (Lipinski definition) is 4. The van der Waals surface area contributed by atoms with E-state index in [1.807, 2.05) is 0 Å². The van der Waals surface area contributed by atoms with Gasteiger partial charge in [-0.05, 0) is 36.4 Å². The molecule has 0 spiro atoms. The average molecular weight is 336 g/mol. The van der Waals surface area contributed by atoms with Crippen molar-refractivity contribution in [1.29, 1.82) is 0 Å². The molecule has 0 fully saturated rings. The molecule has 2 aromatic heterocycles. The number of benzene rings is 2. The summed E-state index contributed by atoms with van der Waals surface area (Å²) in [5.74, 6) is -0.120. The molecule has 2 aromatic carbocycles. The van der Waals surface area contributed by atoms with E-state index >= 15 is 0 Å². The first kappa shape index (κ1) is 15.1. The Morgan fingerprint density at radius 3 is 2.92 bits per heavy atom. The SMILES string of the molecule is COC(=O)c1ccc2nc(-c3cnn(-c4cccc(F)c4)c3)[nH]c2c1. The van der Waals surface area contributed by atoms with Gasteiger partial charge in [-0.1, -0.05) is 6.07 Å². The van der Waals surface area contributed by atoms with Crippen LogP contribution < -0.4 is 0 Å². The van der Waals surface area contributed by atoms with Gasteiger partial charge in [0.1, 0.15) is 11.6 Å². The van der Waals surface area contributed by atoms with Crippen molar-refractivity contribution in [2.45, 2.75) is 0 Å². The maximum absolute atomic E-state index is 13.4. The van der Waals surface area contributed by atoms with Crippen LogP contribution in [-0.4, -0.2) is 32.8 Å². The average Bonchev–Trinajstić information content (AvgIpc) is 3.27. The van der Waals surface area contributed by atoms with E-state index in [0.717, 1.165) is 16.6 Å². The monoisotopic (exact) mass is 336 g/mol. The van der Waals surface area contributed by atoms with Gasteiger partial charge in [-0.2, -0.15) is 5.10 Å². The first-order valence-electron chi connectivity index (χ1n) is 7.53. The maximum Gasteiger partial charge on any atom is 0.337 e. The number of aromatic amines is 1. The van der Waals surface area contributed by atoms with Gasteiger partial charge < -0.3 is 9.72 Å². The Balaban J connectivity index is 1.71. The zero-order valence-corrected chi connectivity index (χ0v) is 13.2. The molecule has 0 bridgehead atoms. The van der Waals surface area contributed by atoms with Gasteiger partial charge in [-0.3, -0.25) is 0 Å². The molecule has 0 aliphatic rings. The number of nitrogens with one attached hydrogen (secondary N) is 1. The predicted molar refractivity (Wildman–Crippen MR) is 89.9 cm³/mol. The summed E-state index contributed by atoms with van der Waals surface area (Å²) < 4.78 is 19.7. The third kappa shape index (κ3) is 2.76. The summed E-state index contributed by atoms with van der Waals surface area (Å²) in [6.45, 7) is 0. The fourth-order valence-electron chi connectivity index (χ4n) is 2.60. The Kier molecular flexibility index (Phi) is 3.53. The van der Waals surface area contributed by atoms with E-state index in [0.29, 0.717) is 17.1 Å². The van der Waals surface area contributed by atoms with Crippen LogP contribution in [0.4, 0.5) is 4.39 Å². The molecule has 0 atom stereocenters. The van der Waals surface area contributed by atoms with Crippen LogP contribution >= 0.6 is 0 Å². The summed E-state index contributed by atoms with van der Waals surface area (Å²) in [5, 5.41) is 4.25. The van der Waals surface area contributed by atoms with E-state index in [1.165, 1.54) is 19.2 Å². The van der Waals surface area contributed by atoms with Crippen molar-refractivity contribution in [3.8, 4) is 17.1 Å². The van der Waals surface area contributed by atoms with Crippen molar-refractivity contribution in [3.05, 3.63) is 66.2 Å². The largest absolute Gasteiger partial charge is 0.465 e. The third-order valence-electron chi connectivity index (χ3n) is 3.83. The highest BCUT2D eigenvalue weighted by Gasteiger charge is 2.11. The van der Waals surface area contributed by atoms with E-state index in [-0.39, 0.29) is 5.82 Å².